The van der Waals surface area contributed by atoms with Gasteiger partial charge in [-0.1, -0.05) is 30.3 Å². The molecule has 1 N–H and O–H groups in total. The molecule has 18 heavy (non-hydrogen) atoms. The van der Waals surface area contributed by atoms with E-state index < -0.39 is 23.6 Å². The van der Waals surface area contributed by atoms with Crippen LogP contribution in [0.25, 0.3) is 0 Å². The summed E-state index contributed by atoms with van der Waals surface area (Å²) in [5.41, 5.74) is 0.598. The molecule has 1 aromatic rings. The predicted molar refractivity (Wildman–Crippen MR) is 64.4 cm³/mol. The van der Waals surface area contributed by atoms with Gasteiger partial charge in [-0.2, -0.15) is 0 Å². The first-order chi connectivity index (χ1) is 8.46. The fraction of sp³-hybridized carbons (Fsp3) is 0.571. The first kappa shape index (κ1) is 12.1. The summed E-state index contributed by atoms with van der Waals surface area (Å²) in [7, 11) is 0. The normalized spacial score (nSPS) is 37.6. The third-order valence-corrected chi connectivity index (χ3v) is 4.11. The standard InChI is InChI=1S/C14H17F2NO/c1-10(18)7-13-9-14(15,16)12(13)17(13)8-11-5-3-2-4-6-11/h2-6,10,12,18H,7-9H2,1H3. The van der Waals surface area contributed by atoms with Crippen LogP contribution in [0.5, 0.6) is 0 Å². The molecule has 1 aliphatic carbocycles. The molecule has 1 saturated carbocycles. The van der Waals surface area contributed by atoms with Crippen LogP contribution in [0.3, 0.4) is 0 Å². The number of halogens is 2. The summed E-state index contributed by atoms with van der Waals surface area (Å²) >= 11 is 0. The van der Waals surface area contributed by atoms with E-state index in [1.54, 1.807) is 6.92 Å². The van der Waals surface area contributed by atoms with E-state index in [0.717, 1.165) is 5.56 Å². The molecule has 2 aliphatic rings. The van der Waals surface area contributed by atoms with Gasteiger partial charge in [0.2, 0.25) is 0 Å². The lowest BCUT2D eigenvalue weighted by atomic mass is 9.78. The molecular weight excluding hydrogens is 236 g/mol. The van der Waals surface area contributed by atoms with Crippen molar-refractivity contribution < 1.29 is 13.9 Å². The van der Waals surface area contributed by atoms with Crippen molar-refractivity contribution >= 4 is 0 Å². The number of alkyl halides is 2. The van der Waals surface area contributed by atoms with Crippen LogP contribution in [0.2, 0.25) is 0 Å². The Kier molecular flexibility index (Phi) is 2.51. The highest BCUT2D eigenvalue weighted by atomic mass is 19.3. The second kappa shape index (κ2) is 3.75. The minimum absolute atomic E-state index is 0.109. The second-order valence-corrected chi connectivity index (χ2v) is 5.61. The highest BCUT2D eigenvalue weighted by molar-refractivity contribution is 5.34. The third-order valence-electron chi connectivity index (χ3n) is 4.11. The van der Waals surface area contributed by atoms with Crippen molar-refractivity contribution in [2.75, 3.05) is 0 Å². The number of likely N-dealkylation sites (tertiary alicyclic amines) is 1. The van der Waals surface area contributed by atoms with Gasteiger partial charge in [-0.05, 0) is 18.9 Å². The highest BCUT2D eigenvalue weighted by Crippen LogP contribution is 2.67. The maximum absolute atomic E-state index is 13.5. The third kappa shape index (κ3) is 1.67. The van der Waals surface area contributed by atoms with Crippen LogP contribution in [-0.4, -0.2) is 33.6 Å². The van der Waals surface area contributed by atoms with Crippen LogP contribution in [0.1, 0.15) is 25.3 Å². The lowest BCUT2D eigenvalue weighted by molar-refractivity contribution is -0.0724. The summed E-state index contributed by atoms with van der Waals surface area (Å²) in [6.45, 7) is 2.22. The minimum Gasteiger partial charge on any atom is -0.393 e. The molecule has 2 nitrogen and oxygen atoms in total. The zero-order chi connectivity index (χ0) is 13.0. The van der Waals surface area contributed by atoms with Crippen molar-refractivity contribution in [3.63, 3.8) is 0 Å². The Hall–Kier alpha value is -1.00. The molecule has 1 saturated heterocycles. The van der Waals surface area contributed by atoms with Gasteiger partial charge in [-0.25, -0.2) is 8.78 Å². The molecule has 1 aromatic carbocycles. The topological polar surface area (TPSA) is 23.2 Å². The summed E-state index contributed by atoms with van der Waals surface area (Å²) in [6, 6.07) is 8.98. The quantitative estimate of drug-likeness (QED) is 0.833. The van der Waals surface area contributed by atoms with E-state index >= 15 is 0 Å². The number of fused-ring (bicyclic) bond motifs is 1. The summed E-state index contributed by atoms with van der Waals surface area (Å²) < 4.78 is 27.0. The van der Waals surface area contributed by atoms with Gasteiger partial charge < -0.3 is 5.11 Å². The highest BCUT2D eigenvalue weighted by Gasteiger charge is 2.82. The number of benzene rings is 1. The minimum atomic E-state index is -2.58. The molecule has 0 radical (unpaired) electrons. The van der Waals surface area contributed by atoms with E-state index in [0.29, 0.717) is 13.0 Å². The molecule has 1 aliphatic heterocycles. The molecule has 98 valence electrons. The van der Waals surface area contributed by atoms with Gasteiger partial charge in [0.05, 0.1) is 17.7 Å². The number of aliphatic hydroxyl groups excluding tert-OH is 1. The smallest absolute Gasteiger partial charge is 0.267 e. The van der Waals surface area contributed by atoms with Crippen molar-refractivity contribution in [1.82, 2.24) is 4.90 Å². The first-order valence-electron chi connectivity index (χ1n) is 6.32. The average molecular weight is 253 g/mol. The van der Waals surface area contributed by atoms with Gasteiger partial charge in [0.15, 0.2) is 0 Å². The zero-order valence-corrected chi connectivity index (χ0v) is 10.3. The summed E-state index contributed by atoms with van der Waals surface area (Å²) in [5.74, 6) is -2.58. The zero-order valence-electron chi connectivity index (χ0n) is 10.3. The summed E-state index contributed by atoms with van der Waals surface area (Å²) in [5, 5.41) is 9.46. The van der Waals surface area contributed by atoms with Gasteiger partial charge in [-0.3, -0.25) is 4.90 Å². The first-order valence-corrected chi connectivity index (χ1v) is 6.32. The maximum atomic E-state index is 13.5. The molecule has 0 bridgehead atoms. The average Bonchev–Trinajstić information content (AvgIpc) is 2.79. The SMILES string of the molecule is CC(O)CC12CC(F)(F)C1N2Cc1ccccc1. The van der Waals surface area contributed by atoms with E-state index in [2.05, 4.69) is 0 Å². The van der Waals surface area contributed by atoms with Gasteiger partial charge in [0, 0.05) is 13.0 Å². The molecule has 4 heteroatoms. The largest absolute Gasteiger partial charge is 0.393 e. The molecule has 2 fully saturated rings. The fourth-order valence-electron chi connectivity index (χ4n) is 3.47. The number of aliphatic hydroxyl groups is 1. The fourth-order valence-corrected chi connectivity index (χ4v) is 3.47. The molecule has 4 unspecified atom stereocenters. The van der Waals surface area contributed by atoms with Crippen LogP contribution in [0, 0.1) is 0 Å². The Morgan fingerprint density at radius 1 is 1.39 bits per heavy atom. The van der Waals surface area contributed by atoms with Crippen LogP contribution >= 0.6 is 0 Å². The van der Waals surface area contributed by atoms with E-state index in [4.69, 9.17) is 0 Å². The Morgan fingerprint density at radius 2 is 2.06 bits per heavy atom. The monoisotopic (exact) mass is 253 g/mol. The molecule has 0 aromatic heterocycles. The number of hydrogen-bond acceptors (Lipinski definition) is 2. The number of nitrogens with zero attached hydrogens (tertiary/aromatic N) is 1. The van der Waals surface area contributed by atoms with E-state index in [1.807, 2.05) is 35.2 Å². The van der Waals surface area contributed by atoms with Crippen molar-refractivity contribution in [3.05, 3.63) is 35.9 Å². The number of hydrogen-bond donors (Lipinski definition) is 1. The van der Waals surface area contributed by atoms with Crippen molar-refractivity contribution in [2.24, 2.45) is 0 Å². The van der Waals surface area contributed by atoms with Gasteiger partial charge in [0.1, 0.15) is 0 Å². The maximum Gasteiger partial charge on any atom is 0.267 e. The van der Waals surface area contributed by atoms with Crippen LogP contribution in [0.4, 0.5) is 8.78 Å². The second-order valence-electron chi connectivity index (χ2n) is 5.61. The van der Waals surface area contributed by atoms with Crippen molar-refractivity contribution in [3.8, 4) is 0 Å². The Balaban J connectivity index is 1.74. The van der Waals surface area contributed by atoms with Gasteiger partial charge in [-0.15, -0.1) is 0 Å². The van der Waals surface area contributed by atoms with Crippen molar-refractivity contribution in [2.45, 2.75) is 49.9 Å². The molecule has 4 atom stereocenters. The molecule has 0 spiro atoms. The van der Waals surface area contributed by atoms with Crippen LogP contribution in [0.15, 0.2) is 30.3 Å². The van der Waals surface area contributed by atoms with Crippen molar-refractivity contribution in [1.29, 1.82) is 0 Å². The van der Waals surface area contributed by atoms with Crippen LogP contribution < -0.4 is 0 Å². The summed E-state index contributed by atoms with van der Waals surface area (Å²) in [4.78, 5) is 1.84. The van der Waals surface area contributed by atoms with E-state index in [-0.39, 0.29) is 6.42 Å². The van der Waals surface area contributed by atoms with Crippen LogP contribution in [-0.2, 0) is 6.54 Å². The molecule has 0 amide bonds. The van der Waals surface area contributed by atoms with E-state index in [1.165, 1.54) is 0 Å². The molecule has 3 rings (SSSR count). The Labute approximate surface area is 105 Å². The molecule has 1 heterocycles. The van der Waals surface area contributed by atoms with Gasteiger partial charge in [0.25, 0.3) is 5.92 Å². The Bertz CT molecular complexity index is 444. The lowest BCUT2D eigenvalue weighted by Crippen LogP contribution is -2.47. The predicted octanol–water partition coefficient (Wildman–Crippen LogP) is 2.42. The number of rotatable bonds is 4. The summed E-state index contributed by atoms with van der Waals surface area (Å²) in [6.07, 6.45) is -0.188. The molecular formula is C14H17F2NO. The Morgan fingerprint density at radius 3 is 2.61 bits per heavy atom. The van der Waals surface area contributed by atoms with E-state index in [9.17, 15) is 13.9 Å². The lowest BCUT2D eigenvalue weighted by Gasteiger charge is -2.32. The van der Waals surface area contributed by atoms with Gasteiger partial charge >= 0.3 is 0 Å².